The van der Waals surface area contributed by atoms with Crippen LogP contribution in [0.1, 0.15) is 0 Å². The number of benzene rings is 2. The molecule has 0 aliphatic carbocycles. The lowest BCUT2D eigenvalue weighted by Gasteiger charge is -2.12. The Morgan fingerprint density at radius 2 is 1.75 bits per heavy atom. The second kappa shape index (κ2) is 7.18. The fourth-order valence-corrected chi connectivity index (χ4v) is 2.22. The first kappa shape index (κ1) is 17.6. The summed E-state index contributed by atoms with van der Waals surface area (Å²) >= 11 is 0. The van der Waals surface area contributed by atoms with Crippen molar-refractivity contribution < 1.29 is 19.0 Å². The molecule has 0 saturated carbocycles. The van der Waals surface area contributed by atoms with E-state index in [1.165, 1.54) is 38.7 Å². The summed E-state index contributed by atoms with van der Waals surface area (Å²) in [5.41, 5.74) is 0.723. The van der Waals surface area contributed by atoms with Gasteiger partial charge in [0.05, 0.1) is 25.4 Å². The molecule has 1 aromatic heterocycles. The van der Waals surface area contributed by atoms with Crippen LogP contribution in [-0.4, -0.2) is 29.3 Å². The topological polar surface area (TPSA) is 76.5 Å². The minimum Gasteiger partial charge on any atom is -0.508 e. The third-order valence-electron chi connectivity index (χ3n) is 3.34. The van der Waals surface area contributed by atoms with E-state index in [0.29, 0.717) is 28.2 Å². The molecule has 6 nitrogen and oxygen atoms in total. The first-order chi connectivity index (χ1) is 11.1. The maximum Gasteiger partial charge on any atom is 0.162 e. The van der Waals surface area contributed by atoms with Crippen LogP contribution in [0.3, 0.4) is 0 Å². The molecular weight excluding hydrogens is 337 g/mol. The second-order valence-electron chi connectivity index (χ2n) is 4.74. The number of methoxy groups -OCH3 is 2. The van der Waals surface area contributed by atoms with Crippen molar-refractivity contribution in [1.82, 2.24) is 9.97 Å². The highest BCUT2D eigenvalue weighted by atomic mass is 35.5. The van der Waals surface area contributed by atoms with Gasteiger partial charge in [-0.1, -0.05) is 0 Å². The number of phenolic OH excluding ortho intramolecular Hbond substituents is 1. The molecule has 0 unspecified atom stereocenters. The van der Waals surface area contributed by atoms with Gasteiger partial charge in [0.15, 0.2) is 11.5 Å². The third kappa shape index (κ3) is 3.26. The summed E-state index contributed by atoms with van der Waals surface area (Å²) in [6.07, 6.45) is 1.36. The summed E-state index contributed by atoms with van der Waals surface area (Å²) in [5, 5.41) is 13.0. The summed E-state index contributed by atoms with van der Waals surface area (Å²) < 4.78 is 24.4. The summed E-state index contributed by atoms with van der Waals surface area (Å²) in [5.74, 6) is 0.879. The SMILES string of the molecule is COc1cc2ncnc(Nc3cc(O)ccc3F)c2cc1OC.Cl. The Morgan fingerprint density at radius 3 is 2.46 bits per heavy atom. The number of hydrogen-bond donors (Lipinski definition) is 2. The molecule has 2 aromatic carbocycles. The molecule has 24 heavy (non-hydrogen) atoms. The van der Waals surface area contributed by atoms with Gasteiger partial charge in [0.2, 0.25) is 0 Å². The monoisotopic (exact) mass is 351 g/mol. The largest absolute Gasteiger partial charge is 0.508 e. The lowest BCUT2D eigenvalue weighted by atomic mass is 10.2. The molecule has 0 spiro atoms. The van der Waals surface area contributed by atoms with Crippen molar-refractivity contribution in [1.29, 1.82) is 0 Å². The van der Waals surface area contributed by atoms with Crippen LogP contribution in [0.25, 0.3) is 10.9 Å². The standard InChI is InChI=1S/C16H14FN3O3.ClH/c1-22-14-6-10-12(7-15(14)23-2)18-8-19-16(10)20-13-5-9(21)3-4-11(13)17;/h3-8,21H,1-2H3,(H,18,19,20);1H. The molecule has 0 saturated heterocycles. The van der Waals surface area contributed by atoms with Gasteiger partial charge >= 0.3 is 0 Å². The smallest absolute Gasteiger partial charge is 0.162 e. The normalized spacial score (nSPS) is 10.1. The number of phenols is 1. The van der Waals surface area contributed by atoms with E-state index in [4.69, 9.17) is 9.47 Å². The molecule has 3 rings (SSSR count). The van der Waals surface area contributed by atoms with Crippen molar-refractivity contribution in [2.45, 2.75) is 0 Å². The quantitative estimate of drug-likeness (QED) is 0.747. The van der Waals surface area contributed by atoms with Crippen LogP contribution in [0.4, 0.5) is 15.9 Å². The molecule has 0 aliphatic rings. The second-order valence-corrected chi connectivity index (χ2v) is 4.74. The number of halogens is 2. The maximum absolute atomic E-state index is 13.9. The van der Waals surface area contributed by atoms with Gasteiger partial charge in [-0.25, -0.2) is 14.4 Å². The van der Waals surface area contributed by atoms with E-state index >= 15 is 0 Å². The number of ether oxygens (including phenoxy) is 2. The average Bonchev–Trinajstić information content (AvgIpc) is 2.57. The molecule has 0 aliphatic heterocycles. The Morgan fingerprint density at radius 1 is 1.04 bits per heavy atom. The van der Waals surface area contributed by atoms with Crippen LogP contribution in [0, 0.1) is 5.82 Å². The summed E-state index contributed by atoms with van der Waals surface area (Å²) in [7, 11) is 3.06. The highest BCUT2D eigenvalue weighted by Gasteiger charge is 2.12. The zero-order valence-corrected chi connectivity index (χ0v) is 13.7. The van der Waals surface area contributed by atoms with E-state index < -0.39 is 5.82 Å². The van der Waals surface area contributed by atoms with E-state index in [1.807, 2.05) is 0 Å². The first-order valence-electron chi connectivity index (χ1n) is 6.74. The van der Waals surface area contributed by atoms with Crippen LogP contribution < -0.4 is 14.8 Å². The number of nitrogens with zero attached hydrogens (tertiary/aromatic N) is 2. The van der Waals surface area contributed by atoms with E-state index in [-0.39, 0.29) is 23.8 Å². The fraction of sp³-hybridized carbons (Fsp3) is 0.125. The van der Waals surface area contributed by atoms with Crippen LogP contribution in [0.2, 0.25) is 0 Å². The van der Waals surface area contributed by atoms with Gasteiger partial charge in [-0.3, -0.25) is 0 Å². The molecule has 126 valence electrons. The van der Waals surface area contributed by atoms with Gasteiger partial charge in [-0.05, 0) is 18.2 Å². The molecule has 2 N–H and O–H groups in total. The maximum atomic E-state index is 13.9. The molecule has 0 radical (unpaired) electrons. The first-order valence-corrected chi connectivity index (χ1v) is 6.74. The zero-order valence-electron chi connectivity index (χ0n) is 12.9. The zero-order chi connectivity index (χ0) is 16.4. The number of nitrogens with one attached hydrogen (secondary N) is 1. The van der Waals surface area contributed by atoms with Crippen molar-refractivity contribution in [2.75, 3.05) is 19.5 Å². The highest BCUT2D eigenvalue weighted by Crippen LogP contribution is 2.35. The lowest BCUT2D eigenvalue weighted by molar-refractivity contribution is 0.356. The minimum absolute atomic E-state index is 0. The van der Waals surface area contributed by atoms with Crippen molar-refractivity contribution in [3.63, 3.8) is 0 Å². The van der Waals surface area contributed by atoms with E-state index in [2.05, 4.69) is 15.3 Å². The Bertz CT molecular complexity index is 877. The highest BCUT2D eigenvalue weighted by molar-refractivity contribution is 5.93. The summed E-state index contributed by atoms with van der Waals surface area (Å²) in [4.78, 5) is 8.31. The molecule has 0 atom stereocenters. The Labute approximate surface area is 143 Å². The number of hydrogen-bond acceptors (Lipinski definition) is 6. The molecule has 0 amide bonds. The molecule has 8 heteroatoms. The van der Waals surface area contributed by atoms with Gasteiger partial charge in [0.25, 0.3) is 0 Å². The van der Waals surface area contributed by atoms with Crippen molar-refractivity contribution >= 4 is 34.8 Å². The van der Waals surface area contributed by atoms with Gasteiger partial charge in [0, 0.05) is 17.5 Å². The number of aromatic hydroxyl groups is 1. The summed E-state index contributed by atoms with van der Waals surface area (Å²) in [6, 6.07) is 7.14. The molecule has 0 fully saturated rings. The van der Waals surface area contributed by atoms with Crippen LogP contribution >= 0.6 is 12.4 Å². The van der Waals surface area contributed by atoms with Crippen molar-refractivity contribution in [3.8, 4) is 17.2 Å². The number of anilines is 2. The number of rotatable bonds is 4. The summed E-state index contributed by atoms with van der Waals surface area (Å²) in [6.45, 7) is 0. The molecule has 0 bridgehead atoms. The average molecular weight is 352 g/mol. The third-order valence-corrected chi connectivity index (χ3v) is 3.34. The lowest BCUT2D eigenvalue weighted by Crippen LogP contribution is -1.99. The van der Waals surface area contributed by atoms with Gasteiger partial charge < -0.3 is 19.9 Å². The minimum atomic E-state index is -0.505. The van der Waals surface area contributed by atoms with E-state index in [0.717, 1.165) is 0 Å². The number of aromatic nitrogens is 2. The Balaban J connectivity index is 0.00000208. The molecule has 1 heterocycles. The van der Waals surface area contributed by atoms with E-state index in [1.54, 1.807) is 12.1 Å². The molecule has 3 aromatic rings. The Hall–Kier alpha value is -2.80. The van der Waals surface area contributed by atoms with Gasteiger partial charge in [-0.15, -0.1) is 12.4 Å². The van der Waals surface area contributed by atoms with Crippen molar-refractivity contribution in [2.24, 2.45) is 0 Å². The predicted octanol–water partition coefficient (Wildman–Crippen LogP) is 3.66. The van der Waals surface area contributed by atoms with Crippen LogP contribution in [0.15, 0.2) is 36.7 Å². The van der Waals surface area contributed by atoms with Crippen molar-refractivity contribution in [3.05, 3.63) is 42.5 Å². The number of fused-ring (bicyclic) bond motifs is 1. The fourth-order valence-electron chi connectivity index (χ4n) is 2.22. The van der Waals surface area contributed by atoms with E-state index in [9.17, 15) is 9.50 Å². The molecular formula is C16H15ClFN3O3. The Kier molecular flexibility index (Phi) is 5.25. The van der Waals surface area contributed by atoms with Crippen LogP contribution in [0.5, 0.6) is 17.2 Å². The predicted molar refractivity (Wildman–Crippen MR) is 91.2 cm³/mol. The van der Waals surface area contributed by atoms with Gasteiger partial charge in [0.1, 0.15) is 23.7 Å². The van der Waals surface area contributed by atoms with Crippen LogP contribution in [-0.2, 0) is 0 Å². The van der Waals surface area contributed by atoms with Gasteiger partial charge in [-0.2, -0.15) is 0 Å².